The van der Waals surface area contributed by atoms with Crippen LogP contribution in [0.4, 0.5) is 0 Å². The number of aliphatic hydroxyl groups is 1. The highest BCUT2D eigenvalue weighted by molar-refractivity contribution is 5.31. The summed E-state index contributed by atoms with van der Waals surface area (Å²) in [6.45, 7) is 4.74. The minimum absolute atomic E-state index is 0.234. The monoisotopic (exact) mass is 209 g/mol. The number of hydrogen-bond donors (Lipinski definition) is 2. The van der Waals surface area contributed by atoms with E-state index >= 15 is 0 Å². The highest BCUT2D eigenvalue weighted by Gasteiger charge is 2.24. The predicted octanol–water partition coefficient (Wildman–Crippen LogP) is 1.64. The molecule has 0 saturated carbocycles. The fraction of sp³-hybridized carbons (Fsp3) is 0.500. The van der Waals surface area contributed by atoms with Crippen LogP contribution in [0.2, 0.25) is 0 Å². The lowest BCUT2D eigenvalue weighted by Gasteiger charge is -2.25. The van der Waals surface area contributed by atoms with Crippen LogP contribution in [0.15, 0.2) is 24.3 Å². The molecule has 15 heavy (non-hydrogen) atoms. The van der Waals surface area contributed by atoms with Gasteiger partial charge in [-0.15, -0.1) is 0 Å². The minimum atomic E-state index is -0.912. The second-order valence-corrected chi connectivity index (χ2v) is 3.55. The summed E-state index contributed by atoms with van der Waals surface area (Å²) >= 11 is 0. The van der Waals surface area contributed by atoms with Crippen LogP contribution >= 0.6 is 0 Å². The average Bonchev–Trinajstić information content (AvgIpc) is 2.29. The Labute approximate surface area is 90.9 Å². The molecule has 0 spiro atoms. The summed E-state index contributed by atoms with van der Waals surface area (Å²) < 4.78 is 5.33. The molecule has 1 aromatic carbocycles. The van der Waals surface area contributed by atoms with Gasteiger partial charge in [0.05, 0.1) is 6.61 Å². The molecule has 1 unspecified atom stereocenters. The Morgan fingerprint density at radius 3 is 2.27 bits per heavy atom. The molecule has 0 aliphatic carbocycles. The maximum absolute atomic E-state index is 10.2. The first-order chi connectivity index (χ1) is 7.16. The molecule has 0 bridgehead atoms. The zero-order valence-corrected chi connectivity index (χ0v) is 9.36. The van der Waals surface area contributed by atoms with Crippen LogP contribution in [0.5, 0.6) is 5.75 Å². The third-order valence-electron chi connectivity index (χ3n) is 2.63. The van der Waals surface area contributed by atoms with Crippen LogP contribution in [-0.4, -0.2) is 18.3 Å². The Kier molecular flexibility index (Phi) is 4.12. The van der Waals surface area contributed by atoms with E-state index in [1.165, 1.54) is 0 Å². The van der Waals surface area contributed by atoms with E-state index in [-0.39, 0.29) is 6.54 Å². The maximum Gasteiger partial charge on any atom is 0.119 e. The molecule has 0 fully saturated rings. The molecule has 3 N–H and O–H groups in total. The third-order valence-corrected chi connectivity index (χ3v) is 2.63. The van der Waals surface area contributed by atoms with Gasteiger partial charge in [-0.1, -0.05) is 19.1 Å². The molecule has 0 heterocycles. The highest BCUT2D eigenvalue weighted by atomic mass is 16.5. The van der Waals surface area contributed by atoms with Gasteiger partial charge in [-0.3, -0.25) is 0 Å². The Morgan fingerprint density at radius 2 is 1.87 bits per heavy atom. The molecule has 1 rings (SSSR count). The molecule has 3 nitrogen and oxygen atoms in total. The molecule has 0 aliphatic heterocycles. The van der Waals surface area contributed by atoms with Crippen molar-refractivity contribution in [1.29, 1.82) is 0 Å². The molecule has 0 aromatic heterocycles. The molecule has 3 heteroatoms. The van der Waals surface area contributed by atoms with Crippen molar-refractivity contribution >= 4 is 0 Å². The number of hydrogen-bond acceptors (Lipinski definition) is 3. The Bertz CT molecular complexity index is 291. The second-order valence-electron chi connectivity index (χ2n) is 3.55. The van der Waals surface area contributed by atoms with Crippen molar-refractivity contribution in [2.45, 2.75) is 25.9 Å². The molecule has 1 atom stereocenters. The highest BCUT2D eigenvalue weighted by Crippen LogP contribution is 2.25. The van der Waals surface area contributed by atoms with E-state index in [4.69, 9.17) is 10.5 Å². The van der Waals surface area contributed by atoms with Gasteiger partial charge in [0, 0.05) is 6.54 Å². The number of rotatable bonds is 5. The second kappa shape index (κ2) is 5.14. The molecular formula is C12H19NO2. The van der Waals surface area contributed by atoms with Gasteiger partial charge in [0.1, 0.15) is 11.4 Å². The van der Waals surface area contributed by atoms with E-state index in [0.29, 0.717) is 13.0 Å². The smallest absolute Gasteiger partial charge is 0.119 e. The lowest BCUT2D eigenvalue weighted by atomic mass is 9.91. The van der Waals surface area contributed by atoms with Gasteiger partial charge in [-0.05, 0) is 31.0 Å². The molecule has 0 amide bonds. The molecule has 0 radical (unpaired) electrons. The van der Waals surface area contributed by atoms with Crippen LogP contribution in [0.25, 0.3) is 0 Å². The summed E-state index contributed by atoms with van der Waals surface area (Å²) in [7, 11) is 0. The lowest BCUT2D eigenvalue weighted by molar-refractivity contribution is 0.0418. The van der Waals surface area contributed by atoms with Crippen LogP contribution in [-0.2, 0) is 5.60 Å². The van der Waals surface area contributed by atoms with Gasteiger partial charge in [0.2, 0.25) is 0 Å². The van der Waals surface area contributed by atoms with E-state index in [0.717, 1.165) is 11.3 Å². The van der Waals surface area contributed by atoms with E-state index in [2.05, 4.69) is 0 Å². The molecule has 1 aromatic rings. The van der Waals surface area contributed by atoms with E-state index < -0.39 is 5.60 Å². The third kappa shape index (κ3) is 2.70. The van der Waals surface area contributed by atoms with Crippen molar-refractivity contribution in [3.05, 3.63) is 29.8 Å². The van der Waals surface area contributed by atoms with E-state index in [1.807, 2.05) is 38.1 Å². The van der Waals surface area contributed by atoms with Crippen LogP contribution in [0.1, 0.15) is 25.8 Å². The first-order valence-electron chi connectivity index (χ1n) is 5.32. The number of nitrogens with two attached hydrogens (primary N) is 1. The zero-order valence-electron chi connectivity index (χ0n) is 9.36. The summed E-state index contributed by atoms with van der Waals surface area (Å²) in [5.74, 6) is 0.816. The minimum Gasteiger partial charge on any atom is -0.494 e. The van der Waals surface area contributed by atoms with Crippen molar-refractivity contribution in [2.75, 3.05) is 13.2 Å². The van der Waals surface area contributed by atoms with Gasteiger partial charge >= 0.3 is 0 Å². The lowest BCUT2D eigenvalue weighted by Crippen LogP contribution is -2.33. The van der Waals surface area contributed by atoms with Gasteiger partial charge < -0.3 is 15.6 Å². The summed E-state index contributed by atoms with van der Waals surface area (Å²) in [6.07, 6.45) is 0.609. The van der Waals surface area contributed by atoms with Gasteiger partial charge in [0.25, 0.3) is 0 Å². The first kappa shape index (κ1) is 12.0. The molecule has 0 saturated heterocycles. The largest absolute Gasteiger partial charge is 0.494 e. The quantitative estimate of drug-likeness (QED) is 0.775. The number of ether oxygens (including phenoxy) is 1. The van der Waals surface area contributed by atoms with Crippen LogP contribution < -0.4 is 10.5 Å². The first-order valence-corrected chi connectivity index (χ1v) is 5.32. The van der Waals surface area contributed by atoms with E-state index in [9.17, 15) is 5.11 Å². The summed E-state index contributed by atoms with van der Waals surface area (Å²) in [6, 6.07) is 7.44. The fourth-order valence-corrected chi connectivity index (χ4v) is 1.49. The van der Waals surface area contributed by atoms with Crippen molar-refractivity contribution in [2.24, 2.45) is 5.73 Å². The maximum atomic E-state index is 10.2. The van der Waals surface area contributed by atoms with Gasteiger partial charge in [-0.25, -0.2) is 0 Å². The van der Waals surface area contributed by atoms with Crippen molar-refractivity contribution in [1.82, 2.24) is 0 Å². The normalized spacial score (nSPS) is 14.7. The van der Waals surface area contributed by atoms with E-state index in [1.54, 1.807) is 0 Å². The van der Waals surface area contributed by atoms with Crippen LogP contribution in [0, 0.1) is 0 Å². The summed E-state index contributed by atoms with van der Waals surface area (Å²) in [5, 5.41) is 10.2. The topological polar surface area (TPSA) is 55.5 Å². The number of benzene rings is 1. The van der Waals surface area contributed by atoms with Crippen molar-refractivity contribution in [3.63, 3.8) is 0 Å². The van der Waals surface area contributed by atoms with Crippen molar-refractivity contribution in [3.8, 4) is 5.75 Å². The summed E-state index contributed by atoms with van der Waals surface area (Å²) in [4.78, 5) is 0. The van der Waals surface area contributed by atoms with Gasteiger partial charge in [0.15, 0.2) is 0 Å². The predicted molar refractivity (Wildman–Crippen MR) is 60.9 cm³/mol. The molecule has 0 aliphatic rings. The molecule has 84 valence electrons. The van der Waals surface area contributed by atoms with Gasteiger partial charge in [-0.2, -0.15) is 0 Å². The Morgan fingerprint density at radius 1 is 1.27 bits per heavy atom. The molecular weight excluding hydrogens is 190 g/mol. The SMILES string of the molecule is CCOc1ccc(C(O)(CC)CN)cc1. The summed E-state index contributed by atoms with van der Waals surface area (Å²) in [5.41, 5.74) is 5.50. The van der Waals surface area contributed by atoms with Crippen LogP contribution in [0.3, 0.4) is 0 Å². The Hall–Kier alpha value is -1.06. The average molecular weight is 209 g/mol. The van der Waals surface area contributed by atoms with Crippen molar-refractivity contribution < 1.29 is 9.84 Å². The fourth-order valence-electron chi connectivity index (χ4n) is 1.49. The standard InChI is InChI=1S/C12H19NO2/c1-3-12(14,9-13)10-5-7-11(8-6-10)15-4-2/h5-8,14H,3-4,9,13H2,1-2H3. The Balaban J connectivity index is 2.87. The zero-order chi connectivity index (χ0) is 11.3.